The van der Waals surface area contributed by atoms with Crippen LogP contribution in [-0.4, -0.2) is 32.3 Å². The summed E-state index contributed by atoms with van der Waals surface area (Å²) in [5, 5.41) is 12.7. The number of ether oxygens (including phenoxy) is 1. The first-order valence-corrected chi connectivity index (χ1v) is 9.37. The van der Waals surface area contributed by atoms with E-state index in [0.29, 0.717) is 11.6 Å². The smallest absolute Gasteiger partial charge is 0.145 e. The molecule has 146 valence electrons. The van der Waals surface area contributed by atoms with Gasteiger partial charge >= 0.3 is 0 Å². The topological polar surface area (TPSA) is 85.7 Å². The van der Waals surface area contributed by atoms with Gasteiger partial charge in [0.15, 0.2) is 0 Å². The van der Waals surface area contributed by atoms with Gasteiger partial charge in [0.05, 0.1) is 30.2 Å². The number of rotatable bonds is 5. The molecule has 4 aromatic rings. The molecule has 0 aliphatic heterocycles. The van der Waals surface area contributed by atoms with Gasteiger partial charge in [-0.05, 0) is 56.7 Å². The number of fused-ring (bicyclic) bond motifs is 1. The van der Waals surface area contributed by atoms with E-state index in [1.165, 1.54) is 6.33 Å². The first-order valence-electron chi connectivity index (χ1n) is 9.37. The minimum absolute atomic E-state index is 0.0756. The third-order valence-corrected chi connectivity index (χ3v) is 4.75. The van der Waals surface area contributed by atoms with Gasteiger partial charge in [0.25, 0.3) is 0 Å². The number of hydrogen-bond acceptors (Lipinski definition) is 7. The summed E-state index contributed by atoms with van der Waals surface area (Å²) in [5.74, 6) is 1.38. The van der Waals surface area contributed by atoms with Crippen LogP contribution in [0.3, 0.4) is 0 Å². The Labute approximate surface area is 169 Å². The molecule has 0 fully saturated rings. The molecule has 0 aliphatic carbocycles. The van der Waals surface area contributed by atoms with E-state index in [4.69, 9.17) is 4.74 Å². The maximum Gasteiger partial charge on any atom is 0.145 e. The van der Waals surface area contributed by atoms with Crippen molar-refractivity contribution < 1.29 is 4.74 Å². The summed E-state index contributed by atoms with van der Waals surface area (Å²) in [6, 6.07) is 11.9. The summed E-state index contributed by atoms with van der Waals surface area (Å²) < 4.78 is 5.60. The number of anilines is 1. The summed E-state index contributed by atoms with van der Waals surface area (Å²) in [6.07, 6.45) is 3.38. The van der Waals surface area contributed by atoms with Crippen LogP contribution in [0.5, 0.6) is 5.75 Å². The van der Waals surface area contributed by atoms with E-state index in [9.17, 15) is 0 Å². The quantitative estimate of drug-likeness (QED) is 0.548. The summed E-state index contributed by atoms with van der Waals surface area (Å²) in [6.45, 7) is 5.96. The molecule has 1 aromatic carbocycles. The van der Waals surface area contributed by atoms with Crippen LogP contribution in [0.4, 0.5) is 5.82 Å². The van der Waals surface area contributed by atoms with Gasteiger partial charge in [-0.25, -0.2) is 9.97 Å². The molecule has 0 saturated heterocycles. The van der Waals surface area contributed by atoms with Crippen molar-refractivity contribution in [3.63, 3.8) is 0 Å². The predicted molar refractivity (Wildman–Crippen MR) is 113 cm³/mol. The van der Waals surface area contributed by atoms with E-state index in [0.717, 1.165) is 39.1 Å². The Morgan fingerprint density at radius 3 is 2.52 bits per heavy atom. The number of methoxy groups -OCH3 is 1. The zero-order valence-corrected chi connectivity index (χ0v) is 16.8. The number of benzene rings is 1. The molecule has 1 atom stereocenters. The highest BCUT2D eigenvalue weighted by molar-refractivity contribution is 5.96. The van der Waals surface area contributed by atoms with Gasteiger partial charge in [0.2, 0.25) is 0 Å². The lowest BCUT2D eigenvalue weighted by molar-refractivity contribution is 0.419. The molecule has 0 saturated carbocycles. The molecular weight excluding hydrogens is 364 g/mol. The van der Waals surface area contributed by atoms with E-state index in [2.05, 4.69) is 30.5 Å². The molecule has 3 aromatic heterocycles. The summed E-state index contributed by atoms with van der Waals surface area (Å²) in [7, 11) is 1.64. The van der Waals surface area contributed by atoms with E-state index in [1.807, 2.05) is 63.4 Å². The molecule has 0 unspecified atom stereocenters. The van der Waals surface area contributed by atoms with Crippen molar-refractivity contribution in [1.29, 1.82) is 0 Å². The molecule has 7 heteroatoms. The molecule has 0 aliphatic rings. The third kappa shape index (κ3) is 3.85. The van der Waals surface area contributed by atoms with Crippen LogP contribution in [0.2, 0.25) is 0 Å². The highest BCUT2D eigenvalue weighted by Gasteiger charge is 2.15. The minimum atomic E-state index is -0.0756. The number of hydrogen-bond donors (Lipinski definition) is 1. The van der Waals surface area contributed by atoms with Crippen LogP contribution in [-0.2, 0) is 0 Å². The predicted octanol–water partition coefficient (Wildman–Crippen LogP) is 4.28. The van der Waals surface area contributed by atoms with Crippen molar-refractivity contribution in [2.45, 2.75) is 26.8 Å². The van der Waals surface area contributed by atoms with Crippen LogP contribution in [0.15, 0.2) is 48.9 Å². The number of aromatic nitrogens is 5. The van der Waals surface area contributed by atoms with Gasteiger partial charge in [-0.3, -0.25) is 4.98 Å². The van der Waals surface area contributed by atoms with E-state index >= 15 is 0 Å². The van der Waals surface area contributed by atoms with Crippen LogP contribution in [0.25, 0.3) is 22.2 Å². The fourth-order valence-corrected chi connectivity index (χ4v) is 3.11. The maximum atomic E-state index is 5.60. The van der Waals surface area contributed by atoms with Gasteiger partial charge in [-0.15, -0.1) is 0 Å². The Kier molecular flexibility index (Phi) is 5.03. The molecular formula is C22H22N6O. The first-order chi connectivity index (χ1) is 14.0. The fourth-order valence-electron chi connectivity index (χ4n) is 3.11. The second-order valence-electron chi connectivity index (χ2n) is 6.98. The zero-order chi connectivity index (χ0) is 20.4. The van der Waals surface area contributed by atoms with Crippen molar-refractivity contribution in [2.75, 3.05) is 12.4 Å². The van der Waals surface area contributed by atoms with Crippen LogP contribution in [0.1, 0.15) is 29.9 Å². The highest BCUT2D eigenvalue weighted by atomic mass is 16.5. The van der Waals surface area contributed by atoms with E-state index in [1.54, 1.807) is 7.11 Å². The van der Waals surface area contributed by atoms with E-state index in [-0.39, 0.29) is 6.04 Å². The van der Waals surface area contributed by atoms with Crippen LogP contribution in [0, 0.1) is 13.8 Å². The average Bonchev–Trinajstić information content (AvgIpc) is 2.74. The van der Waals surface area contributed by atoms with E-state index < -0.39 is 0 Å². The van der Waals surface area contributed by atoms with Crippen molar-refractivity contribution in [3.05, 3.63) is 65.9 Å². The third-order valence-electron chi connectivity index (χ3n) is 4.75. The summed E-state index contributed by atoms with van der Waals surface area (Å²) >= 11 is 0. The second kappa shape index (κ2) is 7.79. The lowest BCUT2D eigenvalue weighted by Crippen LogP contribution is -2.11. The monoisotopic (exact) mass is 386 g/mol. The highest BCUT2D eigenvalue weighted by Crippen LogP contribution is 2.34. The van der Waals surface area contributed by atoms with Crippen molar-refractivity contribution in [2.24, 2.45) is 0 Å². The summed E-state index contributed by atoms with van der Waals surface area (Å²) in [5.41, 5.74) is 5.38. The number of aryl methyl sites for hydroxylation is 2. The Hall–Kier alpha value is -3.61. The number of nitrogens with one attached hydrogen (secondary N) is 1. The van der Waals surface area contributed by atoms with Gasteiger partial charge < -0.3 is 10.1 Å². The average molecular weight is 386 g/mol. The maximum absolute atomic E-state index is 5.60. The zero-order valence-electron chi connectivity index (χ0n) is 16.8. The standard InChI is InChI=1S/C22H22N6O/c1-13-5-7-19(23-11-13)16-9-17-21(20(10-16)29-4)24-12-25-22(17)26-15(3)18-8-6-14(2)27-28-18/h5-12,15H,1-4H3,(H,24,25,26)/t15-/m1/s1. The normalized spacial score (nSPS) is 12.0. The molecule has 0 radical (unpaired) electrons. The lowest BCUT2D eigenvalue weighted by atomic mass is 10.1. The van der Waals surface area contributed by atoms with Gasteiger partial charge in [-0.1, -0.05) is 6.07 Å². The van der Waals surface area contributed by atoms with Gasteiger partial charge in [-0.2, -0.15) is 10.2 Å². The molecule has 0 amide bonds. The van der Waals surface area contributed by atoms with Gasteiger partial charge in [0, 0.05) is 17.1 Å². The Morgan fingerprint density at radius 1 is 0.966 bits per heavy atom. The SMILES string of the molecule is COc1cc(-c2ccc(C)cn2)cc2c(N[C@H](C)c3ccc(C)nn3)ncnc12. The fraction of sp³-hybridized carbons (Fsp3) is 0.227. The lowest BCUT2D eigenvalue weighted by Gasteiger charge is -2.16. The molecule has 0 bridgehead atoms. The Morgan fingerprint density at radius 2 is 1.83 bits per heavy atom. The van der Waals surface area contributed by atoms with Crippen LogP contribution < -0.4 is 10.1 Å². The van der Waals surface area contributed by atoms with Gasteiger partial charge in [0.1, 0.15) is 23.4 Å². The van der Waals surface area contributed by atoms with Crippen molar-refractivity contribution in [1.82, 2.24) is 25.1 Å². The Balaban J connectivity index is 1.78. The molecule has 4 rings (SSSR count). The molecule has 0 spiro atoms. The number of nitrogens with zero attached hydrogens (tertiary/aromatic N) is 5. The van der Waals surface area contributed by atoms with Crippen molar-refractivity contribution >= 4 is 16.7 Å². The first kappa shape index (κ1) is 18.7. The minimum Gasteiger partial charge on any atom is -0.494 e. The van der Waals surface area contributed by atoms with Crippen molar-refractivity contribution in [3.8, 4) is 17.0 Å². The molecule has 3 heterocycles. The molecule has 29 heavy (non-hydrogen) atoms. The molecule has 1 N–H and O–H groups in total. The molecule has 7 nitrogen and oxygen atoms in total. The summed E-state index contributed by atoms with van der Waals surface area (Å²) in [4.78, 5) is 13.4. The number of pyridine rings is 1. The Bertz CT molecular complexity index is 1140. The second-order valence-corrected chi connectivity index (χ2v) is 6.98. The van der Waals surface area contributed by atoms with Crippen LogP contribution >= 0.6 is 0 Å². The largest absolute Gasteiger partial charge is 0.494 e.